The van der Waals surface area contributed by atoms with Gasteiger partial charge in [-0.2, -0.15) is 0 Å². The molecule has 0 aromatic heterocycles. The number of benzene rings is 2. The van der Waals surface area contributed by atoms with Crippen LogP contribution < -0.4 is 14.8 Å². The number of carbonyl (C=O) groups is 2. The molecular weight excluding hydrogens is 396 g/mol. The Morgan fingerprint density at radius 1 is 1.04 bits per heavy atom. The van der Waals surface area contributed by atoms with Crippen molar-refractivity contribution < 1.29 is 53.5 Å². The first kappa shape index (κ1) is 21.2. The maximum atomic E-state index is 11.7. The Labute approximate surface area is 162 Å². The van der Waals surface area contributed by atoms with Crippen LogP contribution in [0.3, 0.4) is 0 Å². The van der Waals surface area contributed by atoms with E-state index in [2.05, 4.69) is 5.32 Å². The average Bonchev–Trinajstić information content (AvgIpc) is 2.60. The molecular formula is C17H17NO7Zn. The van der Waals surface area contributed by atoms with Crippen molar-refractivity contribution in [2.45, 2.75) is 0 Å². The average molecular weight is 413 g/mol. The Morgan fingerprint density at radius 2 is 1.69 bits per heavy atom. The van der Waals surface area contributed by atoms with E-state index >= 15 is 0 Å². The second-order valence-electron chi connectivity index (χ2n) is 4.82. The first-order valence-corrected chi connectivity index (χ1v) is 7.26. The van der Waals surface area contributed by atoms with Gasteiger partial charge in [-0.1, -0.05) is 0 Å². The Bertz CT molecular complexity index is 749. The molecule has 2 aromatic carbocycles. The van der Waals surface area contributed by atoms with Crippen LogP contribution in [-0.2, 0) is 24.2 Å². The molecule has 0 radical (unpaired) electrons. The third-order valence-electron chi connectivity index (χ3n) is 3.12. The van der Waals surface area contributed by atoms with Gasteiger partial charge >= 0.3 is 12.1 Å². The third kappa shape index (κ3) is 6.25. The maximum Gasteiger partial charge on any atom is 0.411 e. The molecule has 2 aromatic rings. The summed E-state index contributed by atoms with van der Waals surface area (Å²) in [6.45, 7) is 0.150. The van der Waals surface area contributed by atoms with Gasteiger partial charge in [0.05, 0.1) is 7.11 Å². The number of carbonyl (C=O) groups excluding carboxylic acids is 1. The largest absolute Gasteiger partial charge is 0.507 e. The van der Waals surface area contributed by atoms with Gasteiger partial charge < -0.3 is 24.4 Å². The Morgan fingerprint density at radius 3 is 2.31 bits per heavy atom. The van der Waals surface area contributed by atoms with E-state index in [4.69, 9.17) is 19.3 Å². The summed E-state index contributed by atoms with van der Waals surface area (Å²) in [5.74, 6) is -0.381. The van der Waals surface area contributed by atoms with Crippen LogP contribution in [0.1, 0.15) is 10.4 Å². The predicted octanol–water partition coefficient (Wildman–Crippen LogP) is 2.72. The van der Waals surface area contributed by atoms with Crippen LogP contribution >= 0.6 is 0 Å². The van der Waals surface area contributed by atoms with Gasteiger partial charge in [-0.15, -0.1) is 0 Å². The van der Waals surface area contributed by atoms with Crippen molar-refractivity contribution in [3.63, 3.8) is 0 Å². The number of anilines is 1. The standard InChI is InChI=1S/C17H17NO7.Zn/c1-23-12-3-5-13(6-4-12)24-8-9-25-17(22)18-11-2-7-15(19)14(10-11)16(20)21;/h2-7,10,19H,8-9H2,1H3,(H,18,22)(H,20,21);. The van der Waals surface area contributed by atoms with Crippen LogP contribution in [-0.4, -0.2) is 42.6 Å². The van der Waals surface area contributed by atoms with Gasteiger partial charge in [0, 0.05) is 25.2 Å². The number of carboxylic acids is 1. The molecule has 0 heterocycles. The van der Waals surface area contributed by atoms with Gasteiger partial charge in [0.15, 0.2) is 0 Å². The van der Waals surface area contributed by atoms with E-state index in [1.165, 1.54) is 12.1 Å². The molecule has 0 saturated heterocycles. The van der Waals surface area contributed by atoms with Crippen LogP contribution in [0.4, 0.5) is 10.5 Å². The molecule has 0 atom stereocenters. The summed E-state index contributed by atoms with van der Waals surface area (Å²) in [5.41, 5.74) is -0.128. The zero-order valence-electron chi connectivity index (χ0n) is 14.1. The first-order valence-electron chi connectivity index (χ1n) is 7.26. The molecule has 8 nitrogen and oxygen atoms in total. The first-order chi connectivity index (χ1) is 12.0. The fourth-order valence-electron chi connectivity index (χ4n) is 1.90. The van der Waals surface area contributed by atoms with Crippen molar-refractivity contribution in [2.75, 3.05) is 25.6 Å². The minimum absolute atomic E-state index is 0. The predicted molar refractivity (Wildman–Crippen MR) is 88.5 cm³/mol. The fourth-order valence-corrected chi connectivity index (χ4v) is 1.90. The normalized spacial score (nSPS) is 9.58. The summed E-state index contributed by atoms with van der Waals surface area (Å²) in [7, 11) is 1.57. The van der Waals surface area contributed by atoms with E-state index in [0.29, 0.717) is 11.5 Å². The van der Waals surface area contributed by atoms with E-state index in [9.17, 15) is 14.7 Å². The van der Waals surface area contributed by atoms with E-state index in [1.54, 1.807) is 31.4 Å². The van der Waals surface area contributed by atoms with Crippen molar-refractivity contribution >= 4 is 17.7 Å². The number of hydrogen-bond acceptors (Lipinski definition) is 6. The van der Waals surface area contributed by atoms with Crippen molar-refractivity contribution in [3.05, 3.63) is 48.0 Å². The molecule has 134 valence electrons. The minimum Gasteiger partial charge on any atom is -0.507 e. The second-order valence-corrected chi connectivity index (χ2v) is 4.82. The van der Waals surface area contributed by atoms with Crippen LogP contribution in [0.25, 0.3) is 0 Å². The van der Waals surface area contributed by atoms with Crippen LogP contribution in [0.15, 0.2) is 42.5 Å². The van der Waals surface area contributed by atoms with Gasteiger partial charge in [0.25, 0.3) is 0 Å². The van der Waals surface area contributed by atoms with E-state index in [1.807, 2.05) is 0 Å². The second kappa shape index (κ2) is 10.3. The number of ether oxygens (including phenoxy) is 3. The molecule has 0 aliphatic heterocycles. The van der Waals surface area contributed by atoms with Crippen molar-refractivity contribution in [1.29, 1.82) is 0 Å². The van der Waals surface area contributed by atoms with Crippen LogP contribution in [0.5, 0.6) is 17.2 Å². The quantitative estimate of drug-likeness (QED) is 0.364. The van der Waals surface area contributed by atoms with Gasteiger partial charge in [0.2, 0.25) is 0 Å². The van der Waals surface area contributed by atoms with Crippen molar-refractivity contribution in [2.24, 2.45) is 0 Å². The molecule has 0 aliphatic carbocycles. The molecule has 0 bridgehead atoms. The summed E-state index contributed by atoms with van der Waals surface area (Å²) in [6, 6.07) is 10.6. The van der Waals surface area contributed by atoms with Crippen LogP contribution in [0, 0.1) is 0 Å². The number of amides is 1. The summed E-state index contributed by atoms with van der Waals surface area (Å²) < 4.78 is 15.4. The number of aromatic hydroxyl groups is 1. The number of nitrogens with one attached hydrogen (secondary N) is 1. The zero-order chi connectivity index (χ0) is 18.2. The van der Waals surface area contributed by atoms with Gasteiger partial charge in [-0.25, -0.2) is 9.59 Å². The molecule has 1 amide bonds. The van der Waals surface area contributed by atoms with Gasteiger partial charge in [-0.3, -0.25) is 5.32 Å². The van der Waals surface area contributed by atoms with Crippen molar-refractivity contribution in [1.82, 2.24) is 0 Å². The topological polar surface area (TPSA) is 114 Å². The number of phenols is 1. The zero-order valence-corrected chi connectivity index (χ0v) is 17.1. The van der Waals surface area contributed by atoms with E-state index in [0.717, 1.165) is 6.07 Å². The van der Waals surface area contributed by atoms with E-state index < -0.39 is 12.1 Å². The molecule has 3 N–H and O–H groups in total. The molecule has 0 unspecified atom stereocenters. The Kier molecular flexibility index (Phi) is 8.38. The van der Waals surface area contributed by atoms with Crippen molar-refractivity contribution in [3.8, 4) is 17.2 Å². The van der Waals surface area contributed by atoms with E-state index in [-0.39, 0.29) is 49.7 Å². The molecule has 2 rings (SSSR count). The molecule has 0 fully saturated rings. The minimum atomic E-state index is -1.30. The summed E-state index contributed by atoms with van der Waals surface area (Å²) in [5, 5.41) is 20.7. The number of rotatable bonds is 7. The monoisotopic (exact) mass is 411 g/mol. The SMILES string of the molecule is COc1ccc(OCCOC(=O)Nc2ccc(O)c(C(=O)O)c2)cc1.[Zn]. The molecule has 0 saturated carbocycles. The molecule has 9 heteroatoms. The number of carboxylic acid groups (broad SMARTS) is 1. The third-order valence-corrected chi connectivity index (χ3v) is 3.12. The molecule has 0 spiro atoms. The molecule has 0 aliphatic rings. The Balaban J connectivity index is 0.00000338. The summed E-state index contributed by atoms with van der Waals surface area (Å²) in [6.07, 6.45) is -0.764. The fraction of sp³-hybridized carbons (Fsp3) is 0.176. The van der Waals surface area contributed by atoms with Gasteiger partial charge in [0.1, 0.15) is 36.0 Å². The number of methoxy groups -OCH3 is 1. The smallest absolute Gasteiger partial charge is 0.411 e. The van der Waals surface area contributed by atoms with Crippen LogP contribution in [0.2, 0.25) is 0 Å². The maximum absolute atomic E-state index is 11.7. The number of aromatic carboxylic acids is 1. The Hall–Kier alpha value is -2.80. The number of hydrogen-bond donors (Lipinski definition) is 3. The summed E-state index contributed by atoms with van der Waals surface area (Å²) in [4.78, 5) is 22.6. The van der Waals surface area contributed by atoms with Gasteiger partial charge in [-0.05, 0) is 42.5 Å². The molecule has 26 heavy (non-hydrogen) atoms. The summed E-state index contributed by atoms with van der Waals surface area (Å²) >= 11 is 0.